The van der Waals surface area contributed by atoms with Crippen LogP contribution in [0.5, 0.6) is 0 Å². The van der Waals surface area contributed by atoms with E-state index in [0.29, 0.717) is 5.56 Å². The molecule has 0 radical (unpaired) electrons. The molecule has 0 saturated carbocycles. The second-order valence-corrected chi connectivity index (χ2v) is 3.28. The third-order valence-electron chi connectivity index (χ3n) is 2.38. The highest BCUT2D eigenvalue weighted by Gasteiger charge is 2.04. The average Bonchev–Trinajstić information content (AvgIpc) is 2.59. The number of hydrogen-bond donors (Lipinski definition) is 1. The first kappa shape index (κ1) is 8.81. The molecule has 0 bridgehead atoms. The number of aryl methyl sites for hydroxylation is 1. The van der Waals surface area contributed by atoms with Gasteiger partial charge in [-0.2, -0.15) is 0 Å². The minimum atomic E-state index is -0.0481. The summed E-state index contributed by atoms with van der Waals surface area (Å²) < 4.78 is 2.00. The minimum absolute atomic E-state index is 0.0481. The molecule has 3 nitrogen and oxygen atoms in total. The summed E-state index contributed by atoms with van der Waals surface area (Å²) in [5.74, 6) is -0.0481. The summed E-state index contributed by atoms with van der Waals surface area (Å²) in [6, 6.07) is 7.72. The van der Waals surface area contributed by atoms with Crippen LogP contribution in [0.2, 0.25) is 0 Å². The Labute approximate surface area is 82.3 Å². The number of nitrogens with zero attached hydrogens (tertiary/aromatic N) is 1. The zero-order valence-corrected chi connectivity index (χ0v) is 8.24. The Kier molecular flexibility index (Phi) is 2.00. The predicted octanol–water partition coefficient (Wildman–Crippen LogP) is 1.54. The smallest absolute Gasteiger partial charge is 0.251 e. The van der Waals surface area contributed by atoms with Gasteiger partial charge in [-0.1, -0.05) is 6.07 Å². The molecule has 2 aromatic rings. The second kappa shape index (κ2) is 3.18. The van der Waals surface area contributed by atoms with E-state index in [0.717, 1.165) is 10.9 Å². The van der Waals surface area contributed by atoms with Gasteiger partial charge < -0.3 is 9.88 Å². The van der Waals surface area contributed by atoms with Gasteiger partial charge in [-0.3, -0.25) is 4.79 Å². The normalized spacial score (nSPS) is 10.4. The van der Waals surface area contributed by atoms with E-state index in [1.165, 1.54) is 0 Å². The molecule has 0 atom stereocenters. The maximum Gasteiger partial charge on any atom is 0.251 e. The van der Waals surface area contributed by atoms with E-state index in [1.807, 2.05) is 42.1 Å². The fourth-order valence-corrected chi connectivity index (χ4v) is 1.55. The zero-order chi connectivity index (χ0) is 10.1. The van der Waals surface area contributed by atoms with Gasteiger partial charge in [0.15, 0.2) is 0 Å². The van der Waals surface area contributed by atoms with Crippen LogP contribution in [0.15, 0.2) is 30.5 Å². The number of nitrogens with one attached hydrogen (secondary N) is 1. The van der Waals surface area contributed by atoms with Crippen LogP contribution in [0, 0.1) is 0 Å². The van der Waals surface area contributed by atoms with Crippen LogP contribution in [0.25, 0.3) is 10.9 Å². The first-order valence-corrected chi connectivity index (χ1v) is 4.49. The van der Waals surface area contributed by atoms with Crippen molar-refractivity contribution in [3.8, 4) is 0 Å². The van der Waals surface area contributed by atoms with E-state index in [4.69, 9.17) is 0 Å². The molecule has 72 valence electrons. The molecular formula is C11H12N2O. The minimum Gasteiger partial charge on any atom is -0.355 e. The van der Waals surface area contributed by atoms with E-state index >= 15 is 0 Å². The van der Waals surface area contributed by atoms with E-state index in [2.05, 4.69) is 5.32 Å². The lowest BCUT2D eigenvalue weighted by atomic mass is 10.1. The van der Waals surface area contributed by atoms with Gasteiger partial charge in [0, 0.05) is 31.4 Å². The molecular weight excluding hydrogens is 176 g/mol. The fourth-order valence-electron chi connectivity index (χ4n) is 1.55. The number of rotatable bonds is 1. The topological polar surface area (TPSA) is 34.0 Å². The van der Waals surface area contributed by atoms with Crippen LogP contribution in [-0.2, 0) is 7.05 Å². The Morgan fingerprint density at radius 1 is 1.36 bits per heavy atom. The fraction of sp³-hybridized carbons (Fsp3) is 0.182. The van der Waals surface area contributed by atoms with Crippen molar-refractivity contribution >= 4 is 16.8 Å². The first-order valence-electron chi connectivity index (χ1n) is 4.49. The highest BCUT2D eigenvalue weighted by Crippen LogP contribution is 2.16. The summed E-state index contributed by atoms with van der Waals surface area (Å²) >= 11 is 0. The van der Waals surface area contributed by atoms with Crippen molar-refractivity contribution in [2.75, 3.05) is 7.05 Å². The van der Waals surface area contributed by atoms with Crippen molar-refractivity contribution in [3.05, 3.63) is 36.0 Å². The zero-order valence-electron chi connectivity index (χ0n) is 8.24. The molecule has 2 rings (SSSR count). The standard InChI is InChI=1S/C11H12N2O/c1-12-11(14)9-4-3-8-5-6-13(2)10(8)7-9/h3-7H,1-2H3,(H,12,14). The lowest BCUT2D eigenvalue weighted by molar-refractivity contribution is 0.0963. The average molecular weight is 188 g/mol. The Morgan fingerprint density at radius 2 is 2.14 bits per heavy atom. The van der Waals surface area contributed by atoms with E-state index < -0.39 is 0 Å². The number of carbonyl (C=O) groups excluding carboxylic acids is 1. The van der Waals surface area contributed by atoms with Gasteiger partial charge in [0.1, 0.15) is 0 Å². The number of carbonyl (C=O) groups is 1. The Morgan fingerprint density at radius 3 is 2.86 bits per heavy atom. The van der Waals surface area contributed by atoms with Crippen molar-refractivity contribution < 1.29 is 4.79 Å². The lowest BCUT2D eigenvalue weighted by Crippen LogP contribution is -2.17. The van der Waals surface area contributed by atoms with Crippen molar-refractivity contribution in [2.24, 2.45) is 7.05 Å². The maximum absolute atomic E-state index is 11.4. The molecule has 0 unspecified atom stereocenters. The molecule has 1 heterocycles. The monoisotopic (exact) mass is 188 g/mol. The largest absolute Gasteiger partial charge is 0.355 e. The first-order chi connectivity index (χ1) is 6.72. The third kappa shape index (κ3) is 1.27. The Hall–Kier alpha value is -1.77. The van der Waals surface area contributed by atoms with E-state index in [1.54, 1.807) is 7.05 Å². The lowest BCUT2D eigenvalue weighted by Gasteiger charge is -2.01. The van der Waals surface area contributed by atoms with Crippen molar-refractivity contribution in [2.45, 2.75) is 0 Å². The molecule has 0 aliphatic heterocycles. The summed E-state index contributed by atoms with van der Waals surface area (Å²) in [7, 11) is 3.60. The number of fused-ring (bicyclic) bond motifs is 1. The van der Waals surface area contributed by atoms with Gasteiger partial charge in [0.25, 0.3) is 5.91 Å². The predicted molar refractivity (Wildman–Crippen MR) is 56.3 cm³/mol. The molecule has 14 heavy (non-hydrogen) atoms. The third-order valence-corrected chi connectivity index (χ3v) is 2.38. The van der Waals surface area contributed by atoms with Crippen molar-refractivity contribution in [1.82, 2.24) is 9.88 Å². The van der Waals surface area contributed by atoms with Gasteiger partial charge in [-0.05, 0) is 23.6 Å². The van der Waals surface area contributed by atoms with Crippen LogP contribution in [0.3, 0.4) is 0 Å². The number of benzene rings is 1. The molecule has 0 aliphatic carbocycles. The molecule has 0 saturated heterocycles. The molecule has 0 aliphatic rings. The Bertz CT molecular complexity index is 485. The van der Waals surface area contributed by atoms with Crippen LogP contribution in [0.4, 0.5) is 0 Å². The van der Waals surface area contributed by atoms with Crippen LogP contribution in [0.1, 0.15) is 10.4 Å². The number of aromatic nitrogens is 1. The molecule has 0 spiro atoms. The van der Waals surface area contributed by atoms with E-state index in [9.17, 15) is 4.79 Å². The summed E-state index contributed by atoms with van der Waals surface area (Å²) in [4.78, 5) is 11.4. The summed E-state index contributed by atoms with van der Waals surface area (Å²) in [6.45, 7) is 0. The van der Waals surface area contributed by atoms with Crippen LogP contribution >= 0.6 is 0 Å². The van der Waals surface area contributed by atoms with Gasteiger partial charge in [0.2, 0.25) is 0 Å². The van der Waals surface area contributed by atoms with Gasteiger partial charge in [-0.25, -0.2) is 0 Å². The number of hydrogen-bond acceptors (Lipinski definition) is 1. The highest BCUT2D eigenvalue weighted by molar-refractivity contribution is 5.97. The Balaban J connectivity index is 2.60. The second-order valence-electron chi connectivity index (χ2n) is 3.28. The molecule has 1 aromatic carbocycles. The molecule has 0 fully saturated rings. The van der Waals surface area contributed by atoms with Crippen molar-refractivity contribution in [3.63, 3.8) is 0 Å². The van der Waals surface area contributed by atoms with Gasteiger partial charge in [0.05, 0.1) is 0 Å². The quantitative estimate of drug-likeness (QED) is 0.723. The SMILES string of the molecule is CNC(=O)c1ccc2ccn(C)c2c1. The molecule has 3 heteroatoms. The molecule has 1 amide bonds. The van der Waals surface area contributed by atoms with Gasteiger partial charge >= 0.3 is 0 Å². The molecule has 1 aromatic heterocycles. The van der Waals surface area contributed by atoms with Crippen molar-refractivity contribution in [1.29, 1.82) is 0 Å². The van der Waals surface area contributed by atoms with E-state index in [-0.39, 0.29) is 5.91 Å². The van der Waals surface area contributed by atoms with Crippen LogP contribution < -0.4 is 5.32 Å². The summed E-state index contributed by atoms with van der Waals surface area (Å²) in [5.41, 5.74) is 1.77. The van der Waals surface area contributed by atoms with Crippen LogP contribution in [-0.4, -0.2) is 17.5 Å². The molecule has 1 N–H and O–H groups in total. The number of amides is 1. The van der Waals surface area contributed by atoms with Gasteiger partial charge in [-0.15, -0.1) is 0 Å². The summed E-state index contributed by atoms with van der Waals surface area (Å²) in [6.07, 6.45) is 1.98. The summed E-state index contributed by atoms with van der Waals surface area (Å²) in [5, 5.41) is 3.76. The maximum atomic E-state index is 11.4. The highest BCUT2D eigenvalue weighted by atomic mass is 16.1.